The number of carbonyl (C=O) groups is 1. The van der Waals surface area contributed by atoms with Gasteiger partial charge in [-0.25, -0.2) is 10.4 Å². The summed E-state index contributed by atoms with van der Waals surface area (Å²) in [5.41, 5.74) is 4.17. The highest BCUT2D eigenvalue weighted by atomic mass is 127. The molecule has 0 saturated heterocycles. The number of nitrogens with zero attached hydrogens (tertiary/aromatic N) is 2. The molecule has 1 amide bonds. The number of anilines is 2. The van der Waals surface area contributed by atoms with Crippen LogP contribution in [0.4, 0.5) is 24.0 Å². The van der Waals surface area contributed by atoms with Crippen molar-refractivity contribution in [3.8, 4) is 5.75 Å². The molecule has 0 aliphatic heterocycles. The standard InChI is InChI=1S/C26H20F3IN4O2S/c27-26(28,29)19-5-3-6-21(12-19)32-25-33-22(16-37-25)13-24(35)34-31-14-18-4-1-2-7-23(18)36-15-17-8-10-20(30)11-9-17/h1-12,14,16H,13,15H2,(H,32,33)(H,34,35)/b31-14-. The summed E-state index contributed by atoms with van der Waals surface area (Å²) in [7, 11) is 0. The average molecular weight is 636 g/mol. The Hall–Kier alpha value is -3.45. The fourth-order valence-corrected chi connectivity index (χ4v) is 4.27. The monoisotopic (exact) mass is 636 g/mol. The van der Waals surface area contributed by atoms with Gasteiger partial charge in [0.15, 0.2) is 5.13 Å². The predicted octanol–water partition coefficient (Wildman–Crippen LogP) is 6.78. The molecule has 4 aromatic rings. The minimum absolute atomic E-state index is 0.0386. The fraction of sp³-hybridized carbons (Fsp3) is 0.115. The van der Waals surface area contributed by atoms with Crippen molar-refractivity contribution in [3.05, 3.63) is 104 Å². The van der Waals surface area contributed by atoms with E-state index in [4.69, 9.17) is 4.74 Å². The Bertz CT molecular complexity index is 1390. The zero-order chi connectivity index (χ0) is 26.3. The van der Waals surface area contributed by atoms with Crippen LogP contribution in [0.15, 0.2) is 83.3 Å². The Morgan fingerprint density at radius 3 is 2.65 bits per heavy atom. The summed E-state index contributed by atoms with van der Waals surface area (Å²) in [6.45, 7) is 0.398. The van der Waals surface area contributed by atoms with E-state index in [1.165, 1.54) is 29.7 Å². The van der Waals surface area contributed by atoms with E-state index in [0.29, 0.717) is 28.7 Å². The average Bonchev–Trinajstić information content (AvgIpc) is 3.30. The fourth-order valence-electron chi connectivity index (χ4n) is 3.18. The first-order chi connectivity index (χ1) is 17.8. The molecule has 0 aliphatic rings. The normalized spacial score (nSPS) is 11.5. The second kappa shape index (κ2) is 12.2. The molecule has 3 aromatic carbocycles. The van der Waals surface area contributed by atoms with E-state index in [0.717, 1.165) is 21.3 Å². The number of carbonyl (C=O) groups excluding carboxylic acids is 1. The van der Waals surface area contributed by atoms with Gasteiger partial charge in [-0.2, -0.15) is 18.3 Å². The van der Waals surface area contributed by atoms with Crippen molar-refractivity contribution in [2.24, 2.45) is 5.10 Å². The number of alkyl halides is 3. The van der Waals surface area contributed by atoms with Crippen LogP contribution in [0.2, 0.25) is 0 Å². The second-order valence-corrected chi connectivity index (χ2v) is 9.87. The van der Waals surface area contributed by atoms with Crippen molar-refractivity contribution >= 4 is 56.9 Å². The molecule has 0 aliphatic carbocycles. The summed E-state index contributed by atoms with van der Waals surface area (Å²) in [5.74, 6) is 0.244. The van der Waals surface area contributed by atoms with Gasteiger partial charge in [-0.05, 0) is 70.6 Å². The molecule has 0 saturated carbocycles. The lowest BCUT2D eigenvalue weighted by Crippen LogP contribution is -2.20. The van der Waals surface area contributed by atoms with E-state index in [-0.39, 0.29) is 18.0 Å². The van der Waals surface area contributed by atoms with Crippen LogP contribution in [0.3, 0.4) is 0 Å². The van der Waals surface area contributed by atoms with Crippen molar-refractivity contribution in [2.75, 3.05) is 5.32 Å². The minimum atomic E-state index is -4.43. The van der Waals surface area contributed by atoms with Crippen molar-refractivity contribution in [1.82, 2.24) is 10.4 Å². The third-order valence-electron chi connectivity index (χ3n) is 4.95. The molecule has 0 spiro atoms. The summed E-state index contributed by atoms with van der Waals surface area (Å²) in [4.78, 5) is 16.6. The first-order valence-electron chi connectivity index (χ1n) is 10.9. The Labute approximate surface area is 228 Å². The SMILES string of the molecule is O=C(Cc1csc(Nc2cccc(C(F)(F)F)c2)n1)N/N=C\c1ccccc1OCc1ccc(I)cc1. The molecule has 190 valence electrons. The summed E-state index contributed by atoms with van der Waals surface area (Å²) >= 11 is 3.43. The molecule has 11 heteroatoms. The van der Waals surface area contributed by atoms with Gasteiger partial charge in [-0.15, -0.1) is 11.3 Å². The molecule has 2 N–H and O–H groups in total. The zero-order valence-corrected chi connectivity index (χ0v) is 22.1. The number of amides is 1. The van der Waals surface area contributed by atoms with E-state index < -0.39 is 11.7 Å². The highest BCUT2D eigenvalue weighted by Gasteiger charge is 2.30. The number of benzene rings is 3. The number of thiazole rings is 1. The number of nitrogens with one attached hydrogen (secondary N) is 2. The number of halogens is 4. The van der Waals surface area contributed by atoms with Gasteiger partial charge in [0.2, 0.25) is 5.91 Å². The highest BCUT2D eigenvalue weighted by molar-refractivity contribution is 14.1. The van der Waals surface area contributed by atoms with Crippen LogP contribution in [0, 0.1) is 3.57 Å². The maximum absolute atomic E-state index is 12.9. The van der Waals surface area contributed by atoms with Gasteiger partial charge in [0.1, 0.15) is 12.4 Å². The van der Waals surface area contributed by atoms with Gasteiger partial charge < -0.3 is 10.1 Å². The van der Waals surface area contributed by atoms with Crippen LogP contribution in [0.25, 0.3) is 0 Å². The molecule has 0 bridgehead atoms. The quantitative estimate of drug-likeness (QED) is 0.121. The highest BCUT2D eigenvalue weighted by Crippen LogP contribution is 2.31. The predicted molar refractivity (Wildman–Crippen MR) is 146 cm³/mol. The van der Waals surface area contributed by atoms with Crippen LogP contribution < -0.4 is 15.5 Å². The van der Waals surface area contributed by atoms with Crippen LogP contribution in [0.5, 0.6) is 5.75 Å². The Morgan fingerprint density at radius 2 is 1.86 bits per heavy atom. The van der Waals surface area contributed by atoms with Gasteiger partial charge in [0.05, 0.1) is 23.9 Å². The van der Waals surface area contributed by atoms with Gasteiger partial charge in [-0.3, -0.25) is 4.79 Å². The van der Waals surface area contributed by atoms with E-state index in [2.05, 4.69) is 43.4 Å². The second-order valence-electron chi connectivity index (χ2n) is 7.77. The van der Waals surface area contributed by atoms with Crippen molar-refractivity contribution < 1.29 is 22.7 Å². The van der Waals surface area contributed by atoms with E-state index in [9.17, 15) is 18.0 Å². The van der Waals surface area contributed by atoms with E-state index in [1.54, 1.807) is 5.38 Å². The zero-order valence-electron chi connectivity index (χ0n) is 19.1. The molecular weight excluding hydrogens is 616 g/mol. The topological polar surface area (TPSA) is 75.6 Å². The molecule has 0 unspecified atom stereocenters. The molecule has 0 atom stereocenters. The van der Waals surface area contributed by atoms with Gasteiger partial charge in [0.25, 0.3) is 0 Å². The van der Waals surface area contributed by atoms with Crippen LogP contribution in [-0.2, 0) is 24.0 Å². The first-order valence-corrected chi connectivity index (χ1v) is 12.9. The number of hydrogen-bond donors (Lipinski definition) is 2. The van der Waals surface area contributed by atoms with Gasteiger partial charge in [-0.1, -0.05) is 30.3 Å². The van der Waals surface area contributed by atoms with E-state index >= 15 is 0 Å². The van der Waals surface area contributed by atoms with Crippen molar-refractivity contribution in [2.45, 2.75) is 19.2 Å². The molecule has 6 nitrogen and oxygen atoms in total. The largest absolute Gasteiger partial charge is 0.488 e. The maximum Gasteiger partial charge on any atom is 0.416 e. The third-order valence-corrected chi connectivity index (χ3v) is 6.48. The number of para-hydroxylation sites is 1. The third kappa shape index (κ3) is 8.02. The van der Waals surface area contributed by atoms with Gasteiger partial charge >= 0.3 is 6.18 Å². The summed E-state index contributed by atoms with van der Waals surface area (Å²) < 4.78 is 45.8. The lowest BCUT2D eigenvalue weighted by atomic mass is 10.2. The Kier molecular flexibility index (Phi) is 8.77. The van der Waals surface area contributed by atoms with Crippen molar-refractivity contribution in [1.29, 1.82) is 0 Å². The van der Waals surface area contributed by atoms with Crippen LogP contribution in [-0.4, -0.2) is 17.1 Å². The Morgan fingerprint density at radius 1 is 1.08 bits per heavy atom. The van der Waals surface area contributed by atoms with Crippen molar-refractivity contribution in [3.63, 3.8) is 0 Å². The number of ether oxygens (including phenoxy) is 1. The smallest absolute Gasteiger partial charge is 0.416 e. The summed E-state index contributed by atoms with van der Waals surface area (Å²) in [5, 5.41) is 8.90. The van der Waals surface area contributed by atoms with Crippen LogP contribution >= 0.6 is 33.9 Å². The summed E-state index contributed by atoms with van der Waals surface area (Å²) in [6.07, 6.45) is -2.97. The van der Waals surface area contributed by atoms with Crippen LogP contribution in [0.1, 0.15) is 22.4 Å². The molecule has 0 fully saturated rings. The molecule has 4 rings (SSSR count). The number of hydrazone groups is 1. The lowest BCUT2D eigenvalue weighted by Gasteiger charge is -2.09. The number of aromatic nitrogens is 1. The number of rotatable bonds is 9. The molecule has 37 heavy (non-hydrogen) atoms. The minimum Gasteiger partial charge on any atom is -0.488 e. The van der Waals surface area contributed by atoms with E-state index in [1.807, 2.05) is 48.5 Å². The molecule has 0 radical (unpaired) electrons. The number of hydrogen-bond acceptors (Lipinski definition) is 6. The Balaban J connectivity index is 1.30. The maximum atomic E-state index is 12.9. The lowest BCUT2D eigenvalue weighted by molar-refractivity contribution is -0.137. The molecule has 1 heterocycles. The summed E-state index contributed by atoms with van der Waals surface area (Å²) in [6, 6.07) is 20.2. The van der Waals surface area contributed by atoms with Gasteiger partial charge in [0, 0.05) is 20.2 Å². The first kappa shape index (κ1) is 26.6. The molecular formula is C26H20F3IN4O2S. The molecule has 1 aromatic heterocycles.